The molecule has 1 fully saturated rings. The molecule has 0 saturated carbocycles. The minimum atomic E-state index is 0.506. The van der Waals surface area contributed by atoms with E-state index in [0.717, 1.165) is 18.1 Å². The fourth-order valence-corrected chi connectivity index (χ4v) is 3.28. The summed E-state index contributed by atoms with van der Waals surface area (Å²) in [7, 11) is 2.18. The Balaban J connectivity index is 2.22. The summed E-state index contributed by atoms with van der Waals surface area (Å²) in [5, 5.41) is 1.15. The summed E-state index contributed by atoms with van der Waals surface area (Å²) in [5.41, 5.74) is 5.79. The number of aromatic nitrogens is 1. The molecule has 0 bridgehead atoms. The number of thiazole rings is 1. The molecule has 4 heteroatoms. The van der Waals surface area contributed by atoms with Gasteiger partial charge >= 0.3 is 0 Å². The molecule has 2 atom stereocenters. The second kappa shape index (κ2) is 3.96. The van der Waals surface area contributed by atoms with Crippen molar-refractivity contribution in [1.82, 2.24) is 9.88 Å². The molecule has 2 unspecified atom stereocenters. The lowest BCUT2D eigenvalue weighted by molar-refractivity contribution is 0.283. The molecule has 2 rings (SSSR count). The van der Waals surface area contributed by atoms with Crippen molar-refractivity contribution in [3.05, 3.63) is 16.1 Å². The molecule has 78 valence electrons. The first kappa shape index (κ1) is 10.1. The molecule has 2 heterocycles. The van der Waals surface area contributed by atoms with Crippen molar-refractivity contribution in [2.75, 3.05) is 20.1 Å². The normalized spacial score (nSPS) is 28.5. The molecule has 1 aromatic rings. The Morgan fingerprint density at radius 2 is 2.50 bits per heavy atom. The van der Waals surface area contributed by atoms with Gasteiger partial charge in [-0.1, -0.05) is 0 Å². The van der Waals surface area contributed by atoms with Crippen LogP contribution in [-0.2, 0) is 0 Å². The third kappa shape index (κ3) is 1.69. The lowest BCUT2D eigenvalue weighted by Gasteiger charge is -2.22. The maximum Gasteiger partial charge on any atom is 0.0897 e. The van der Waals surface area contributed by atoms with E-state index in [1.54, 1.807) is 11.3 Å². The molecule has 1 saturated heterocycles. The average Bonchev–Trinajstić information content (AvgIpc) is 2.71. The van der Waals surface area contributed by atoms with Gasteiger partial charge in [0.05, 0.1) is 5.01 Å². The summed E-state index contributed by atoms with van der Waals surface area (Å²) in [6.07, 6.45) is 3.23. The lowest BCUT2D eigenvalue weighted by atomic mass is 10.00. The first-order valence-electron chi connectivity index (χ1n) is 5.05. The summed E-state index contributed by atoms with van der Waals surface area (Å²) in [6.45, 7) is 4.00. The Labute approximate surface area is 88.9 Å². The quantitative estimate of drug-likeness (QED) is 0.804. The van der Waals surface area contributed by atoms with Crippen LogP contribution in [0.5, 0.6) is 0 Å². The van der Waals surface area contributed by atoms with Crippen molar-refractivity contribution in [1.29, 1.82) is 0 Å². The minimum absolute atomic E-state index is 0.506. The maximum atomic E-state index is 5.79. The highest BCUT2D eigenvalue weighted by molar-refractivity contribution is 7.11. The molecule has 1 aromatic heterocycles. The van der Waals surface area contributed by atoms with Crippen molar-refractivity contribution in [3.63, 3.8) is 0 Å². The average molecular weight is 211 g/mol. The topological polar surface area (TPSA) is 42.1 Å². The zero-order chi connectivity index (χ0) is 10.1. The third-order valence-electron chi connectivity index (χ3n) is 3.01. The van der Waals surface area contributed by atoms with Gasteiger partial charge in [-0.25, -0.2) is 4.98 Å². The van der Waals surface area contributed by atoms with Crippen molar-refractivity contribution >= 4 is 11.3 Å². The van der Waals surface area contributed by atoms with E-state index in [1.165, 1.54) is 11.3 Å². The SMILES string of the molecule is Cc1ncc(C2C(CN)CCN2C)s1. The molecule has 1 aliphatic rings. The van der Waals surface area contributed by atoms with Gasteiger partial charge in [0.1, 0.15) is 0 Å². The maximum absolute atomic E-state index is 5.79. The van der Waals surface area contributed by atoms with Crippen LogP contribution in [0.1, 0.15) is 22.3 Å². The molecular weight excluding hydrogens is 194 g/mol. The van der Waals surface area contributed by atoms with Gasteiger partial charge in [-0.05, 0) is 39.4 Å². The Bertz CT molecular complexity index is 310. The zero-order valence-electron chi connectivity index (χ0n) is 8.73. The van der Waals surface area contributed by atoms with Crippen LogP contribution >= 0.6 is 11.3 Å². The van der Waals surface area contributed by atoms with Gasteiger partial charge < -0.3 is 5.73 Å². The van der Waals surface area contributed by atoms with Crippen LogP contribution in [-0.4, -0.2) is 30.0 Å². The molecular formula is C10H17N3S. The molecule has 0 amide bonds. The summed E-state index contributed by atoms with van der Waals surface area (Å²) >= 11 is 1.80. The van der Waals surface area contributed by atoms with Crippen LogP contribution in [0.2, 0.25) is 0 Å². The van der Waals surface area contributed by atoms with E-state index in [9.17, 15) is 0 Å². The van der Waals surface area contributed by atoms with E-state index in [0.29, 0.717) is 12.0 Å². The fraction of sp³-hybridized carbons (Fsp3) is 0.700. The van der Waals surface area contributed by atoms with E-state index >= 15 is 0 Å². The summed E-state index contributed by atoms with van der Waals surface area (Å²) in [5.74, 6) is 0.611. The predicted octanol–water partition coefficient (Wildman–Crippen LogP) is 1.40. The largest absolute Gasteiger partial charge is 0.330 e. The van der Waals surface area contributed by atoms with Crippen molar-refractivity contribution in [3.8, 4) is 0 Å². The molecule has 0 radical (unpaired) electrons. The molecule has 0 aliphatic carbocycles. The molecule has 2 N–H and O–H groups in total. The number of rotatable bonds is 2. The van der Waals surface area contributed by atoms with E-state index in [1.807, 2.05) is 6.20 Å². The fourth-order valence-electron chi connectivity index (χ4n) is 2.24. The highest BCUT2D eigenvalue weighted by atomic mass is 32.1. The van der Waals surface area contributed by atoms with Crippen molar-refractivity contribution < 1.29 is 0 Å². The van der Waals surface area contributed by atoms with Gasteiger partial charge in [-0.3, -0.25) is 4.90 Å². The number of likely N-dealkylation sites (tertiary alicyclic amines) is 1. The first-order valence-corrected chi connectivity index (χ1v) is 5.86. The summed E-state index contributed by atoms with van der Waals surface area (Å²) < 4.78 is 0. The monoisotopic (exact) mass is 211 g/mol. The van der Waals surface area contributed by atoms with Gasteiger partial charge in [0.15, 0.2) is 0 Å². The number of hydrogen-bond donors (Lipinski definition) is 1. The third-order valence-corrected chi connectivity index (χ3v) is 3.99. The van der Waals surface area contributed by atoms with Crippen LogP contribution in [0.15, 0.2) is 6.20 Å². The molecule has 0 spiro atoms. The highest BCUT2D eigenvalue weighted by Gasteiger charge is 2.32. The van der Waals surface area contributed by atoms with Gasteiger partial charge in [0.25, 0.3) is 0 Å². The Morgan fingerprint density at radius 3 is 3.07 bits per heavy atom. The first-order chi connectivity index (χ1) is 6.72. The van der Waals surface area contributed by atoms with Crippen LogP contribution < -0.4 is 5.73 Å². The summed E-state index contributed by atoms with van der Waals surface area (Å²) in [6, 6.07) is 0.506. The van der Waals surface area contributed by atoms with Crippen LogP contribution in [0.4, 0.5) is 0 Å². The highest BCUT2D eigenvalue weighted by Crippen LogP contribution is 2.37. The summed E-state index contributed by atoms with van der Waals surface area (Å²) in [4.78, 5) is 8.08. The zero-order valence-corrected chi connectivity index (χ0v) is 9.55. The van der Waals surface area contributed by atoms with Gasteiger partial charge in [0, 0.05) is 17.1 Å². The number of aryl methyl sites for hydroxylation is 1. The minimum Gasteiger partial charge on any atom is -0.330 e. The van der Waals surface area contributed by atoms with Gasteiger partial charge in [-0.2, -0.15) is 0 Å². The molecule has 3 nitrogen and oxygen atoms in total. The Kier molecular flexibility index (Phi) is 2.85. The van der Waals surface area contributed by atoms with E-state index < -0.39 is 0 Å². The second-order valence-corrected chi connectivity index (χ2v) is 5.26. The standard InChI is InChI=1S/C10H17N3S/c1-7-12-6-9(14-7)10-8(5-11)3-4-13(10)2/h6,8,10H,3-5,11H2,1-2H3. The second-order valence-electron chi connectivity index (χ2n) is 3.99. The van der Waals surface area contributed by atoms with Crippen molar-refractivity contribution in [2.45, 2.75) is 19.4 Å². The number of nitrogens with zero attached hydrogens (tertiary/aromatic N) is 2. The molecule has 1 aliphatic heterocycles. The Hall–Kier alpha value is -0.450. The Morgan fingerprint density at radius 1 is 1.71 bits per heavy atom. The molecule has 14 heavy (non-hydrogen) atoms. The van der Waals surface area contributed by atoms with E-state index in [2.05, 4.69) is 23.9 Å². The smallest absolute Gasteiger partial charge is 0.0897 e. The van der Waals surface area contributed by atoms with Gasteiger partial charge in [0.2, 0.25) is 0 Å². The van der Waals surface area contributed by atoms with Crippen LogP contribution in [0, 0.1) is 12.8 Å². The lowest BCUT2D eigenvalue weighted by Crippen LogP contribution is -2.24. The van der Waals surface area contributed by atoms with Crippen LogP contribution in [0.3, 0.4) is 0 Å². The van der Waals surface area contributed by atoms with Gasteiger partial charge in [-0.15, -0.1) is 11.3 Å². The van der Waals surface area contributed by atoms with E-state index in [4.69, 9.17) is 5.73 Å². The number of nitrogens with two attached hydrogens (primary N) is 1. The van der Waals surface area contributed by atoms with Crippen molar-refractivity contribution in [2.24, 2.45) is 11.7 Å². The predicted molar refractivity (Wildman–Crippen MR) is 59.4 cm³/mol. The van der Waals surface area contributed by atoms with E-state index in [-0.39, 0.29) is 0 Å². The van der Waals surface area contributed by atoms with Crippen LogP contribution in [0.25, 0.3) is 0 Å². The molecule has 0 aromatic carbocycles. The number of hydrogen-bond acceptors (Lipinski definition) is 4.